The number of anilines is 1. The molecule has 0 saturated heterocycles. The van der Waals surface area contributed by atoms with Crippen molar-refractivity contribution in [1.82, 2.24) is 10.1 Å². The van der Waals surface area contributed by atoms with Crippen molar-refractivity contribution in [3.8, 4) is 11.4 Å². The Kier molecular flexibility index (Phi) is 7.05. The van der Waals surface area contributed by atoms with Crippen LogP contribution < -0.4 is 11.1 Å². The minimum atomic E-state index is -0.586. The maximum Gasteiger partial charge on any atom is 0.306 e. The first-order valence-electron chi connectivity index (χ1n) is 10.4. The number of esters is 1. The molecule has 0 spiro atoms. The highest BCUT2D eigenvalue weighted by Crippen LogP contribution is 2.37. The molecule has 9 nitrogen and oxygen atoms in total. The Morgan fingerprint density at radius 2 is 1.94 bits per heavy atom. The standard InChI is InChI=1S/C22H21ClN4O5S/c23-13-7-5-12(6-8-13)21-26-17(32-27-21)9-10-18(29)31-11-16(28)25-22-19(20(24)30)14-3-1-2-4-15(14)33-22/h5-8H,1-4,9-11H2,(H2,24,30)(H,25,28). The summed E-state index contributed by atoms with van der Waals surface area (Å²) in [6.07, 6.45) is 3.79. The van der Waals surface area contributed by atoms with Gasteiger partial charge in [0.2, 0.25) is 11.7 Å². The minimum Gasteiger partial charge on any atom is -0.456 e. The number of halogens is 1. The second-order valence-corrected chi connectivity index (χ2v) is 9.05. The molecule has 11 heteroatoms. The molecule has 2 aromatic heterocycles. The first kappa shape index (κ1) is 22.9. The highest BCUT2D eigenvalue weighted by molar-refractivity contribution is 7.17. The number of hydrogen-bond acceptors (Lipinski definition) is 8. The Morgan fingerprint density at radius 1 is 1.18 bits per heavy atom. The van der Waals surface area contributed by atoms with Crippen LogP contribution in [0.15, 0.2) is 28.8 Å². The normalized spacial score (nSPS) is 12.8. The molecule has 2 amide bonds. The number of nitrogens with zero attached hydrogens (tertiary/aromatic N) is 2. The lowest BCUT2D eigenvalue weighted by Gasteiger charge is -2.11. The van der Waals surface area contributed by atoms with E-state index in [2.05, 4.69) is 15.5 Å². The third-order valence-electron chi connectivity index (χ3n) is 5.15. The largest absolute Gasteiger partial charge is 0.456 e. The van der Waals surface area contributed by atoms with Crippen LogP contribution in [0.5, 0.6) is 0 Å². The van der Waals surface area contributed by atoms with Crippen LogP contribution in [0.2, 0.25) is 5.02 Å². The van der Waals surface area contributed by atoms with Gasteiger partial charge in [0, 0.05) is 21.9 Å². The number of nitrogens with two attached hydrogens (primary N) is 1. The molecule has 0 atom stereocenters. The van der Waals surface area contributed by atoms with E-state index in [0.29, 0.717) is 21.4 Å². The number of nitrogens with one attached hydrogen (secondary N) is 1. The number of thiophene rings is 1. The number of aromatic nitrogens is 2. The average Bonchev–Trinajstić information content (AvgIpc) is 3.41. The second-order valence-electron chi connectivity index (χ2n) is 7.51. The van der Waals surface area contributed by atoms with Crippen molar-refractivity contribution >= 4 is 45.7 Å². The minimum absolute atomic E-state index is 0.0324. The highest BCUT2D eigenvalue weighted by atomic mass is 35.5. The molecule has 0 radical (unpaired) electrons. The van der Waals surface area contributed by atoms with Gasteiger partial charge in [0.25, 0.3) is 11.8 Å². The molecule has 2 heterocycles. The average molecular weight is 489 g/mol. The van der Waals surface area contributed by atoms with Crippen LogP contribution in [-0.2, 0) is 33.6 Å². The van der Waals surface area contributed by atoms with E-state index in [1.165, 1.54) is 11.3 Å². The molecular formula is C22H21ClN4O5S. The molecule has 0 unspecified atom stereocenters. The van der Waals surface area contributed by atoms with Gasteiger partial charge in [-0.25, -0.2) is 0 Å². The van der Waals surface area contributed by atoms with Gasteiger partial charge in [0.15, 0.2) is 6.61 Å². The quantitative estimate of drug-likeness (QED) is 0.462. The van der Waals surface area contributed by atoms with Crippen molar-refractivity contribution in [3.05, 3.63) is 51.2 Å². The molecule has 0 fully saturated rings. The number of amides is 2. The summed E-state index contributed by atoms with van der Waals surface area (Å²) in [6, 6.07) is 6.95. The van der Waals surface area contributed by atoms with Gasteiger partial charge in [-0.3, -0.25) is 14.4 Å². The summed E-state index contributed by atoms with van der Waals surface area (Å²) in [5, 5.41) is 7.55. The summed E-state index contributed by atoms with van der Waals surface area (Å²) < 4.78 is 10.2. The Morgan fingerprint density at radius 3 is 2.70 bits per heavy atom. The van der Waals surface area contributed by atoms with Gasteiger partial charge in [0.1, 0.15) is 5.00 Å². The number of carbonyl (C=O) groups is 3. The number of fused-ring (bicyclic) bond motifs is 1. The van der Waals surface area contributed by atoms with Crippen LogP contribution in [0.1, 0.15) is 46.0 Å². The highest BCUT2D eigenvalue weighted by Gasteiger charge is 2.25. The molecular weight excluding hydrogens is 468 g/mol. The summed E-state index contributed by atoms with van der Waals surface area (Å²) in [5.74, 6) is -1.03. The summed E-state index contributed by atoms with van der Waals surface area (Å²) in [6.45, 7) is -0.473. The van der Waals surface area contributed by atoms with E-state index in [1.807, 2.05) is 0 Å². The van der Waals surface area contributed by atoms with E-state index in [4.69, 9.17) is 26.6 Å². The van der Waals surface area contributed by atoms with Gasteiger partial charge in [-0.05, 0) is 55.5 Å². The molecule has 33 heavy (non-hydrogen) atoms. The molecule has 3 aromatic rings. The number of rotatable bonds is 8. The molecule has 4 rings (SSSR count). The van der Waals surface area contributed by atoms with E-state index in [-0.39, 0.29) is 18.7 Å². The lowest BCUT2D eigenvalue weighted by Crippen LogP contribution is -2.23. The van der Waals surface area contributed by atoms with Crippen LogP contribution in [0.4, 0.5) is 5.00 Å². The van der Waals surface area contributed by atoms with Crippen LogP contribution >= 0.6 is 22.9 Å². The Hall–Kier alpha value is -3.24. The van der Waals surface area contributed by atoms with Crippen molar-refractivity contribution in [1.29, 1.82) is 0 Å². The molecule has 0 bridgehead atoms. The molecule has 3 N–H and O–H groups in total. The van der Waals surface area contributed by atoms with Gasteiger partial charge in [0.05, 0.1) is 12.0 Å². The number of ether oxygens (including phenoxy) is 1. The predicted octanol–water partition coefficient (Wildman–Crippen LogP) is 3.54. The molecule has 0 aliphatic heterocycles. The third kappa shape index (κ3) is 5.58. The molecule has 0 saturated carbocycles. The lowest BCUT2D eigenvalue weighted by molar-refractivity contribution is -0.147. The summed E-state index contributed by atoms with van der Waals surface area (Å²) in [7, 11) is 0. The SMILES string of the molecule is NC(=O)c1c(NC(=O)COC(=O)CCc2nc(-c3ccc(Cl)cc3)no2)sc2c1CCCC2. The monoisotopic (exact) mass is 488 g/mol. The van der Waals surface area contributed by atoms with Gasteiger partial charge in [-0.15, -0.1) is 11.3 Å². The number of carbonyl (C=O) groups excluding carboxylic acids is 3. The first-order valence-corrected chi connectivity index (χ1v) is 11.6. The van der Waals surface area contributed by atoms with Gasteiger partial charge < -0.3 is 20.3 Å². The van der Waals surface area contributed by atoms with Gasteiger partial charge >= 0.3 is 5.97 Å². The zero-order valence-corrected chi connectivity index (χ0v) is 19.1. The van der Waals surface area contributed by atoms with Crippen LogP contribution in [-0.4, -0.2) is 34.5 Å². The van der Waals surface area contributed by atoms with E-state index in [9.17, 15) is 14.4 Å². The Balaban J connectivity index is 1.27. The summed E-state index contributed by atoms with van der Waals surface area (Å²) in [4.78, 5) is 41.5. The van der Waals surface area contributed by atoms with Crippen LogP contribution in [0.25, 0.3) is 11.4 Å². The first-order chi connectivity index (χ1) is 15.9. The van der Waals surface area contributed by atoms with Gasteiger partial charge in [-0.2, -0.15) is 4.98 Å². The van der Waals surface area contributed by atoms with Crippen molar-refractivity contribution in [3.63, 3.8) is 0 Å². The fourth-order valence-corrected chi connectivity index (χ4v) is 5.01. The second kappa shape index (κ2) is 10.1. The fourth-order valence-electron chi connectivity index (χ4n) is 3.58. The number of primary amides is 1. The van der Waals surface area contributed by atoms with E-state index >= 15 is 0 Å². The maximum atomic E-state index is 12.3. The summed E-state index contributed by atoms with van der Waals surface area (Å²) in [5.41, 5.74) is 7.55. The third-order valence-corrected chi connectivity index (χ3v) is 6.61. The van der Waals surface area contributed by atoms with Crippen molar-refractivity contribution in [2.45, 2.75) is 38.5 Å². The van der Waals surface area contributed by atoms with Crippen LogP contribution in [0, 0.1) is 0 Å². The van der Waals surface area contributed by atoms with Crippen molar-refractivity contribution in [2.75, 3.05) is 11.9 Å². The topological polar surface area (TPSA) is 137 Å². The van der Waals surface area contributed by atoms with E-state index in [1.54, 1.807) is 24.3 Å². The van der Waals surface area contributed by atoms with Gasteiger partial charge in [-0.1, -0.05) is 16.8 Å². The molecule has 1 aliphatic carbocycles. The smallest absolute Gasteiger partial charge is 0.306 e. The van der Waals surface area contributed by atoms with E-state index < -0.39 is 24.4 Å². The Bertz CT molecular complexity index is 1190. The molecule has 1 aromatic carbocycles. The zero-order valence-electron chi connectivity index (χ0n) is 17.6. The van der Waals surface area contributed by atoms with Crippen LogP contribution in [0.3, 0.4) is 0 Å². The number of hydrogen-bond donors (Lipinski definition) is 2. The fraction of sp³-hybridized carbons (Fsp3) is 0.318. The number of benzene rings is 1. The van der Waals surface area contributed by atoms with Crippen molar-refractivity contribution < 1.29 is 23.6 Å². The zero-order chi connectivity index (χ0) is 23.4. The lowest BCUT2D eigenvalue weighted by atomic mass is 9.95. The molecule has 1 aliphatic rings. The molecule has 172 valence electrons. The summed E-state index contributed by atoms with van der Waals surface area (Å²) >= 11 is 7.22. The van der Waals surface area contributed by atoms with E-state index in [0.717, 1.165) is 41.7 Å². The number of aryl methyl sites for hydroxylation is 2. The maximum absolute atomic E-state index is 12.3. The predicted molar refractivity (Wildman–Crippen MR) is 122 cm³/mol. The van der Waals surface area contributed by atoms with Crippen molar-refractivity contribution in [2.24, 2.45) is 5.73 Å². The Labute approximate surface area is 198 Å².